The maximum atomic E-state index is 5.33. The minimum absolute atomic E-state index is 0.669. The Hall–Kier alpha value is -1.36. The van der Waals surface area contributed by atoms with Crippen LogP contribution in [-0.2, 0) is 0 Å². The summed E-state index contributed by atoms with van der Waals surface area (Å²) in [6, 6.07) is 1.90. The number of piperidine rings is 1. The lowest BCUT2D eigenvalue weighted by Gasteiger charge is -2.32. The minimum Gasteiger partial charge on any atom is -0.356 e. The smallest absolute Gasteiger partial charge is 0.145 e. The van der Waals surface area contributed by atoms with Crippen molar-refractivity contribution in [1.29, 1.82) is 0 Å². The summed E-state index contributed by atoms with van der Waals surface area (Å²) in [5.41, 5.74) is 2.55. The summed E-state index contributed by atoms with van der Waals surface area (Å²) in [6.07, 6.45) is 5.35. The Morgan fingerprint density at radius 2 is 2.19 bits per heavy atom. The van der Waals surface area contributed by atoms with Gasteiger partial charge in [0.05, 0.1) is 0 Å². The van der Waals surface area contributed by atoms with E-state index in [1.54, 1.807) is 6.33 Å². The van der Waals surface area contributed by atoms with E-state index in [1.165, 1.54) is 19.3 Å². The van der Waals surface area contributed by atoms with E-state index in [-0.39, 0.29) is 0 Å². The van der Waals surface area contributed by atoms with Gasteiger partial charge in [-0.2, -0.15) is 0 Å². The van der Waals surface area contributed by atoms with Crippen LogP contribution in [0.2, 0.25) is 0 Å². The van der Waals surface area contributed by atoms with Crippen molar-refractivity contribution in [2.45, 2.75) is 26.2 Å². The molecule has 2 heterocycles. The summed E-state index contributed by atoms with van der Waals surface area (Å²) < 4.78 is 0. The molecule has 1 fully saturated rings. The molecule has 1 saturated heterocycles. The number of nitrogens with two attached hydrogens (primary N) is 1. The standard InChI is InChI=1S/C11H19N5/c1-2-9-3-5-16(6-4-9)11-7-10(15-12)13-8-14-11/h7-9H,2-6,12H2,1H3,(H,13,14,15). The van der Waals surface area contributed by atoms with Crippen LogP contribution in [0, 0.1) is 5.92 Å². The van der Waals surface area contributed by atoms with Gasteiger partial charge >= 0.3 is 0 Å². The Bertz CT molecular complexity index is 333. The van der Waals surface area contributed by atoms with E-state index in [0.717, 1.165) is 24.8 Å². The average Bonchev–Trinajstić information content (AvgIpc) is 2.39. The lowest BCUT2D eigenvalue weighted by atomic mass is 9.94. The van der Waals surface area contributed by atoms with Gasteiger partial charge in [-0.15, -0.1) is 0 Å². The van der Waals surface area contributed by atoms with E-state index in [0.29, 0.717) is 5.82 Å². The van der Waals surface area contributed by atoms with E-state index < -0.39 is 0 Å². The van der Waals surface area contributed by atoms with Crippen LogP contribution in [0.5, 0.6) is 0 Å². The van der Waals surface area contributed by atoms with E-state index in [2.05, 4.69) is 27.2 Å². The van der Waals surface area contributed by atoms with Crippen LogP contribution in [0.25, 0.3) is 0 Å². The molecule has 0 amide bonds. The zero-order chi connectivity index (χ0) is 11.4. The number of anilines is 2. The number of hydrazine groups is 1. The second-order valence-corrected chi connectivity index (χ2v) is 4.24. The van der Waals surface area contributed by atoms with Crippen LogP contribution in [0.1, 0.15) is 26.2 Å². The second kappa shape index (κ2) is 5.12. The summed E-state index contributed by atoms with van der Waals surface area (Å²) in [6.45, 7) is 4.43. The van der Waals surface area contributed by atoms with Gasteiger partial charge in [0.25, 0.3) is 0 Å². The van der Waals surface area contributed by atoms with E-state index in [9.17, 15) is 0 Å². The van der Waals surface area contributed by atoms with Gasteiger partial charge in [0.15, 0.2) is 0 Å². The normalized spacial score (nSPS) is 17.5. The van der Waals surface area contributed by atoms with Crippen LogP contribution in [0.3, 0.4) is 0 Å². The molecule has 0 spiro atoms. The monoisotopic (exact) mass is 221 g/mol. The number of nitrogens with zero attached hydrogens (tertiary/aromatic N) is 3. The third-order valence-corrected chi connectivity index (χ3v) is 3.32. The molecule has 0 aromatic carbocycles. The van der Waals surface area contributed by atoms with Gasteiger partial charge in [-0.05, 0) is 18.8 Å². The molecule has 1 aromatic heterocycles. The van der Waals surface area contributed by atoms with Crippen LogP contribution < -0.4 is 16.2 Å². The van der Waals surface area contributed by atoms with Crippen molar-refractivity contribution < 1.29 is 0 Å². The molecule has 5 heteroatoms. The van der Waals surface area contributed by atoms with Gasteiger partial charge in [-0.25, -0.2) is 15.8 Å². The number of hydrogen-bond acceptors (Lipinski definition) is 5. The molecule has 16 heavy (non-hydrogen) atoms. The molecule has 0 radical (unpaired) electrons. The Balaban J connectivity index is 2.02. The summed E-state index contributed by atoms with van der Waals surface area (Å²) in [5.74, 6) is 7.85. The van der Waals surface area contributed by atoms with Crippen LogP contribution >= 0.6 is 0 Å². The van der Waals surface area contributed by atoms with Gasteiger partial charge in [0.2, 0.25) is 0 Å². The van der Waals surface area contributed by atoms with Gasteiger partial charge in [-0.3, -0.25) is 0 Å². The predicted octanol–water partition coefficient (Wildman–Crippen LogP) is 1.39. The predicted molar refractivity (Wildman–Crippen MR) is 65.1 cm³/mol. The van der Waals surface area contributed by atoms with Crippen molar-refractivity contribution in [3.8, 4) is 0 Å². The van der Waals surface area contributed by atoms with E-state index in [4.69, 9.17) is 5.84 Å². The van der Waals surface area contributed by atoms with Gasteiger partial charge in [0, 0.05) is 19.2 Å². The first-order chi connectivity index (χ1) is 7.83. The number of nitrogen functional groups attached to an aromatic ring is 1. The van der Waals surface area contributed by atoms with Gasteiger partial charge in [-0.1, -0.05) is 13.3 Å². The number of rotatable bonds is 3. The summed E-state index contributed by atoms with van der Waals surface area (Å²) in [4.78, 5) is 10.6. The van der Waals surface area contributed by atoms with Crippen LogP contribution in [-0.4, -0.2) is 23.1 Å². The summed E-state index contributed by atoms with van der Waals surface area (Å²) in [5, 5.41) is 0. The van der Waals surface area contributed by atoms with E-state index >= 15 is 0 Å². The van der Waals surface area contributed by atoms with Crippen molar-refractivity contribution in [2.24, 2.45) is 11.8 Å². The van der Waals surface area contributed by atoms with E-state index in [1.807, 2.05) is 6.07 Å². The molecule has 0 aliphatic carbocycles. The van der Waals surface area contributed by atoms with Crippen molar-refractivity contribution >= 4 is 11.6 Å². The molecule has 5 nitrogen and oxygen atoms in total. The van der Waals surface area contributed by atoms with Crippen molar-refractivity contribution in [1.82, 2.24) is 9.97 Å². The molecule has 0 unspecified atom stereocenters. The first-order valence-electron chi connectivity index (χ1n) is 5.87. The Kier molecular flexibility index (Phi) is 3.56. The average molecular weight is 221 g/mol. The first-order valence-corrected chi connectivity index (χ1v) is 5.87. The minimum atomic E-state index is 0.669. The maximum absolute atomic E-state index is 5.33. The lowest BCUT2D eigenvalue weighted by molar-refractivity contribution is 0.393. The molecular formula is C11H19N5. The molecule has 0 saturated carbocycles. The Morgan fingerprint density at radius 3 is 2.81 bits per heavy atom. The van der Waals surface area contributed by atoms with Crippen LogP contribution in [0.4, 0.5) is 11.6 Å². The van der Waals surface area contributed by atoms with Crippen molar-refractivity contribution in [3.05, 3.63) is 12.4 Å². The highest BCUT2D eigenvalue weighted by atomic mass is 15.3. The fourth-order valence-corrected chi connectivity index (χ4v) is 2.17. The topological polar surface area (TPSA) is 67.1 Å². The van der Waals surface area contributed by atoms with Gasteiger partial charge < -0.3 is 10.3 Å². The zero-order valence-corrected chi connectivity index (χ0v) is 9.69. The Labute approximate surface area is 96.0 Å². The maximum Gasteiger partial charge on any atom is 0.145 e. The molecule has 0 bridgehead atoms. The lowest BCUT2D eigenvalue weighted by Crippen LogP contribution is -2.34. The number of hydrogen-bond donors (Lipinski definition) is 2. The fourth-order valence-electron chi connectivity index (χ4n) is 2.17. The summed E-state index contributed by atoms with van der Waals surface area (Å²) in [7, 11) is 0. The number of nitrogens with one attached hydrogen (secondary N) is 1. The molecule has 1 aliphatic rings. The molecule has 88 valence electrons. The third kappa shape index (κ3) is 2.41. The Morgan fingerprint density at radius 1 is 1.44 bits per heavy atom. The quantitative estimate of drug-likeness (QED) is 0.596. The SMILES string of the molecule is CCC1CCN(c2cc(NN)ncn2)CC1. The molecule has 1 aliphatic heterocycles. The van der Waals surface area contributed by atoms with Crippen molar-refractivity contribution in [2.75, 3.05) is 23.4 Å². The largest absolute Gasteiger partial charge is 0.356 e. The highest BCUT2D eigenvalue weighted by molar-refractivity contribution is 5.47. The highest BCUT2D eigenvalue weighted by Crippen LogP contribution is 2.24. The van der Waals surface area contributed by atoms with Crippen LogP contribution in [0.15, 0.2) is 12.4 Å². The molecule has 3 N–H and O–H groups in total. The first kappa shape index (κ1) is 11.1. The molecule has 0 atom stereocenters. The highest BCUT2D eigenvalue weighted by Gasteiger charge is 2.18. The van der Waals surface area contributed by atoms with Gasteiger partial charge in [0.1, 0.15) is 18.0 Å². The third-order valence-electron chi connectivity index (χ3n) is 3.32. The van der Waals surface area contributed by atoms with Crippen molar-refractivity contribution in [3.63, 3.8) is 0 Å². The zero-order valence-electron chi connectivity index (χ0n) is 9.69. The molecule has 1 aromatic rings. The molecular weight excluding hydrogens is 202 g/mol. The molecule has 2 rings (SSSR count). The summed E-state index contributed by atoms with van der Waals surface area (Å²) >= 11 is 0. The fraction of sp³-hybridized carbons (Fsp3) is 0.636. The number of aromatic nitrogens is 2. The second-order valence-electron chi connectivity index (χ2n) is 4.24.